The van der Waals surface area contributed by atoms with Crippen LogP contribution in [0.5, 0.6) is 0 Å². The van der Waals surface area contributed by atoms with Gasteiger partial charge in [0, 0.05) is 12.4 Å². The minimum Gasteiger partial charge on any atom is -0.478 e. The third-order valence-electron chi connectivity index (χ3n) is 2.37. The molecule has 1 aliphatic heterocycles. The predicted octanol–water partition coefficient (Wildman–Crippen LogP) is 0.727. The van der Waals surface area contributed by atoms with E-state index in [-0.39, 0.29) is 11.7 Å². The van der Waals surface area contributed by atoms with Crippen LogP contribution in [-0.2, 0) is 9.53 Å². The number of carboxylic acid groups (broad SMARTS) is 1. The molecule has 0 radical (unpaired) electrons. The van der Waals surface area contributed by atoms with Crippen molar-refractivity contribution in [1.29, 1.82) is 5.26 Å². The first-order valence-corrected chi connectivity index (χ1v) is 4.74. The minimum absolute atomic E-state index is 0.00523. The van der Waals surface area contributed by atoms with Gasteiger partial charge in [-0.15, -0.1) is 0 Å². The van der Waals surface area contributed by atoms with Gasteiger partial charge in [0.2, 0.25) is 0 Å². The largest absolute Gasteiger partial charge is 0.478 e. The van der Waals surface area contributed by atoms with Gasteiger partial charge in [-0.2, -0.15) is 5.26 Å². The predicted molar refractivity (Wildman–Crippen MR) is 51.2 cm³/mol. The molecule has 0 spiro atoms. The van der Waals surface area contributed by atoms with Gasteiger partial charge in [-0.3, -0.25) is 4.99 Å². The summed E-state index contributed by atoms with van der Waals surface area (Å²) in [6, 6.07) is 1.95. The van der Waals surface area contributed by atoms with E-state index < -0.39 is 18.0 Å². The molecule has 0 saturated heterocycles. The number of aliphatic imine (C=N–C) groups is 1. The van der Waals surface area contributed by atoms with Crippen LogP contribution in [-0.4, -0.2) is 29.5 Å². The highest BCUT2D eigenvalue weighted by Gasteiger charge is 2.35. The Morgan fingerprint density at radius 1 is 1.67 bits per heavy atom. The molecule has 0 aromatic heterocycles. The van der Waals surface area contributed by atoms with E-state index in [1.165, 1.54) is 12.4 Å². The summed E-state index contributed by atoms with van der Waals surface area (Å²) in [4.78, 5) is 14.6. The summed E-state index contributed by atoms with van der Waals surface area (Å²) in [5.74, 6) is -1.86. The average molecular weight is 206 g/mol. The van der Waals surface area contributed by atoms with Crippen LogP contribution in [0.25, 0.3) is 0 Å². The molecule has 1 fully saturated rings. The molecule has 5 nitrogen and oxygen atoms in total. The number of nitriles is 1. The van der Waals surface area contributed by atoms with Crippen LogP contribution in [0.4, 0.5) is 0 Å². The van der Waals surface area contributed by atoms with E-state index in [0.717, 1.165) is 12.8 Å². The molecule has 0 aromatic rings. The maximum atomic E-state index is 10.8. The van der Waals surface area contributed by atoms with Crippen LogP contribution in [0.15, 0.2) is 16.8 Å². The molecule has 1 heterocycles. The van der Waals surface area contributed by atoms with Crippen molar-refractivity contribution >= 4 is 12.2 Å². The third kappa shape index (κ3) is 2.05. The zero-order valence-corrected chi connectivity index (χ0v) is 7.96. The minimum atomic E-state index is -1.11. The van der Waals surface area contributed by atoms with E-state index in [4.69, 9.17) is 15.1 Å². The molecule has 0 aromatic carbocycles. The highest BCUT2D eigenvalue weighted by molar-refractivity contribution is 5.90. The molecule has 15 heavy (non-hydrogen) atoms. The number of hydrogen-bond donors (Lipinski definition) is 1. The standard InChI is InChI=1S/C10H10N2O3/c11-3-7-8(10(13)14)4-12-5-9(7)15-6-1-2-6/h4-7,9H,1-2H2,(H,13,14). The quantitative estimate of drug-likeness (QED) is 0.737. The maximum Gasteiger partial charge on any atom is 0.334 e. The van der Waals surface area contributed by atoms with Crippen LogP contribution < -0.4 is 0 Å². The van der Waals surface area contributed by atoms with E-state index in [2.05, 4.69) is 4.99 Å². The Kier molecular flexibility index (Phi) is 2.52. The molecule has 2 aliphatic rings. The summed E-state index contributed by atoms with van der Waals surface area (Å²) < 4.78 is 5.51. The topological polar surface area (TPSA) is 82.7 Å². The van der Waals surface area contributed by atoms with Gasteiger partial charge in [-0.05, 0) is 12.8 Å². The van der Waals surface area contributed by atoms with Gasteiger partial charge in [0.25, 0.3) is 0 Å². The Morgan fingerprint density at radius 2 is 2.40 bits per heavy atom. The highest BCUT2D eigenvalue weighted by atomic mass is 16.5. The number of carboxylic acids is 1. The Bertz CT molecular complexity index is 377. The molecular weight excluding hydrogens is 196 g/mol. The van der Waals surface area contributed by atoms with E-state index in [1.54, 1.807) is 0 Å². The van der Waals surface area contributed by atoms with E-state index in [1.807, 2.05) is 6.07 Å². The second-order valence-corrected chi connectivity index (χ2v) is 3.59. The van der Waals surface area contributed by atoms with Crippen LogP contribution in [0, 0.1) is 17.2 Å². The highest BCUT2D eigenvalue weighted by Crippen LogP contribution is 2.29. The zero-order valence-electron chi connectivity index (χ0n) is 7.96. The molecule has 0 amide bonds. The van der Waals surface area contributed by atoms with E-state index in [0.29, 0.717) is 0 Å². The normalized spacial score (nSPS) is 29.4. The van der Waals surface area contributed by atoms with E-state index >= 15 is 0 Å². The van der Waals surface area contributed by atoms with Crippen molar-refractivity contribution < 1.29 is 14.6 Å². The lowest BCUT2D eigenvalue weighted by molar-refractivity contribution is -0.133. The summed E-state index contributed by atoms with van der Waals surface area (Å²) in [6.45, 7) is 0. The molecule has 2 atom stereocenters. The van der Waals surface area contributed by atoms with Gasteiger partial charge in [-0.25, -0.2) is 4.79 Å². The van der Waals surface area contributed by atoms with Crippen molar-refractivity contribution in [3.05, 3.63) is 11.8 Å². The lowest BCUT2D eigenvalue weighted by atomic mass is 9.94. The van der Waals surface area contributed by atoms with Gasteiger partial charge in [0.05, 0.1) is 17.7 Å². The van der Waals surface area contributed by atoms with Gasteiger partial charge < -0.3 is 9.84 Å². The van der Waals surface area contributed by atoms with E-state index in [9.17, 15) is 4.79 Å². The SMILES string of the molecule is N#CC1C(C(=O)O)=CN=CC1OC1CC1. The first kappa shape index (κ1) is 9.87. The van der Waals surface area contributed by atoms with Crippen LogP contribution in [0.3, 0.4) is 0 Å². The zero-order chi connectivity index (χ0) is 10.8. The number of hydrogen-bond acceptors (Lipinski definition) is 4. The second kappa shape index (κ2) is 3.83. The van der Waals surface area contributed by atoms with Crippen molar-refractivity contribution in [2.75, 3.05) is 0 Å². The molecule has 0 bridgehead atoms. The number of aliphatic carboxylic acids is 1. The Labute approximate surface area is 86.7 Å². The maximum absolute atomic E-state index is 10.8. The lowest BCUT2D eigenvalue weighted by Crippen LogP contribution is -2.31. The Balaban J connectivity index is 2.14. The van der Waals surface area contributed by atoms with Gasteiger partial charge in [-0.1, -0.05) is 0 Å². The second-order valence-electron chi connectivity index (χ2n) is 3.59. The number of ether oxygens (including phenoxy) is 1. The number of rotatable bonds is 3. The number of carbonyl (C=O) groups is 1. The first-order valence-electron chi connectivity index (χ1n) is 4.74. The molecule has 2 unspecified atom stereocenters. The van der Waals surface area contributed by atoms with Crippen molar-refractivity contribution in [3.63, 3.8) is 0 Å². The summed E-state index contributed by atoms with van der Waals surface area (Å²) in [5.41, 5.74) is 0.00523. The van der Waals surface area contributed by atoms with Crippen LogP contribution in [0.2, 0.25) is 0 Å². The molecule has 1 saturated carbocycles. The molecule has 78 valence electrons. The van der Waals surface area contributed by atoms with Crippen LogP contribution in [0.1, 0.15) is 12.8 Å². The first-order chi connectivity index (χ1) is 7.22. The van der Waals surface area contributed by atoms with Crippen molar-refractivity contribution in [2.45, 2.75) is 25.0 Å². The van der Waals surface area contributed by atoms with Crippen molar-refractivity contribution in [2.24, 2.45) is 10.9 Å². The van der Waals surface area contributed by atoms with Gasteiger partial charge in [0.1, 0.15) is 12.0 Å². The summed E-state index contributed by atoms with van der Waals surface area (Å²) in [6.07, 6.45) is 4.33. The molecular formula is C10H10N2O3. The average Bonchev–Trinajstić information content (AvgIpc) is 3.01. The molecule has 5 heteroatoms. The molecule has 1 aliphatic carbocycles. The Hall–Kier alpha value is -1.67. The molecule has 2 rings (SSSR count). The van der Waals surface area contributed by atoms with Gasteiger partial charge >= 0.3 is 5.97 Å². The fraction of sp³-hybridized carbons (Fsp3) is 0.500. The number of nitrogens with zero attached hydrogens (tertiary/aromatic N) is 2. The summed E-state index contributed by atoms with van der Waals surface area (Å²) in [5, 5.41) is 17.8. The van der Waals surface area contributed by atoms with Crippen molar-refractivity contribution in [1.82, 2.24) is 0 Å². The van der Waals surface area contributed by atoms with Crippen LogP contribution >= 0.6 is 0 Å². The van der Waals surface area contributed by atoms with Gasteiger partial charge in [0.15, 0.2) is 0 Å². The molecule has 1 N–H and O–H groups in total. The fourth-order valence-corrected chi connectivity index (χ4v) is 1.42. The Morgan fingerprint density at radius 3 is 2.93 bits per heavy atom. The summed E-state index contributed by atoms with van der Waals surface area (Å²) in [7, 11) is 0. The third-order valence-corrected chi connectivity index (χ3v) is 2.37. The monoisotopic (exact) mass is 206 g/mol. The lowest BCUT2D eigenvalue weighted by Gasteiger charge is -2.21. The fourth-order valence-electron chi connectivity index (χ4n) is 1.42. The smallest absolute Gasteiger partial charge is 0.334 e. The van der Waals surface area contributed by atoms with Crippen molar-refractivity contribution in [3.8, 4) is 6.07 Å². The summed E-state index contributed by atoms with van der Waals surface area (Å²) >= 11 is 0.